The maximum Gasteiger partial charge on any atom is 0.238 e. The first-order chi connectivity index (χ1) is 15.3. The SMILES string of the molecule is CCCc1nc(NCc2ccc(S(N)(=O)=O)cc2)nc2ccc(-c3ccc(F)cc3)nc12. The van der Waals surface area contributed by atoms with Crippen molar-refractivity contribution in [2.24, 2.45) is 5.14 Å². The largest absolute Gasteiger partial charge is 0.350 e. The van der Waals surface area contributed by atoms with Gasteiger partial charge in [-0.05, 0) is 60.5 Å². The number of benzene rings is 2. The molecule has 0 unspecified atom stereocenters. The normalized spacial score (nSPS) is 11.6. The molecule has 32 heavy (non-hydrogen) atoms. The summed E-state index contributed by atoms with van der Waals surface area (Å²) in [6.07, 6.45) is 1.62. The molecule has 2 aromatic heterocycles. The fourth-order valence-corrected chi connectivity index (χ4v) is 3.84. The Bertz CT molecular complexity index is 1360. The highest BCUT2D eigenvalue weighted by molar-refractivity contribution is 7.89. The van der Waals surface area contributed by atoms with E-state index in [4.69, 9.17) is 10.1 Å². The monoisotopic (exact) mass is 451 g/mol. The van der Waals surface area contributed by atoms with Gasteiger partial charge in [0.25, 0.3) is 0 Å². The molecule has 4 rings (SSSR count). The van der Waals surface area contributed by atoms with Crippen LogP contribution in [0.2, 0.25) is 0 Å². The van der Waals surface area contributed by atoms with Crippen LogP contribution in [0.5, 0.6) is 0 Å². The van der Waals surface area contributed by atoms with E-state index in [-0.39, 0.29) is 10.7 Å². The second-order valence-electron chi connectivity index (χ2n) is 7.36. The number of fused-ring (bicyclic) bond motifs is 1. The third-order valence-electron chi connectivity index (χ3n) is 4.94. The topological polar surface area (TPSA) is 111 Å². The van der Waals surface area contributed by atoms with E-state index in [0.29, 0.717) is 18.0 Å². The Labute approximate surface area is 185 Å². The molecule has 0 aliphatic rings. The lowest BCUT2D eigenvalue weighted by molar-refractivity contribution is 0.597. The fourth-order valence-electron chi connectivity index (χ4n) is 3.32. The Balaban J connectivity index is 1.61. The van der Waals surface area contributed by atoms with Crippen molar-refractivity contribution in [3.63, 3.8) is 0 Å². The number of primary sulfonamides is 1. The molecule has 0 fully saturated rings. The number of pyridine rings is 1. The van der Waals surface area contributed by atoms with Gasteiger partial charge >= 0.3 is 0 Å². The molecule has 0 saturated carbocycles. The predicted molar refractivity (Wildman–Crippen MR) is 122 cm³/mol. The molecule has 3 N–H and O–H groups in total. The zero-order valence-electron chi connectivity index (χ0n) is 17.4. The first-order valence-electron chi connectivity index (χ1n) is 10.1. The van der Waals surface area contributed by atoms with Crippen LogP contribution in [0.25, 0.3) is 22.3 Å². The number of hydrogen-bond donors (Lipinski definition) is 2. The van der Waals surface area contributed by atoms with Crippen LogP contribution in [0.4, 0.5) is 10.3 Å². The van der Waals surface area contributed by atoms with Crippen LogP contribution in [0.15, 0.2) is 65.6 Å². The minimum absolute atomic E-state index is 0.0662. The first kappa shape index (κ1) is 21.8. The molecular formula is C23H22FN5O2S. The molecule has 0 spiro atoms. The molecule has 2 aromatic carbocycles. The Morgan fingerprint density at radius 2 is 1.66 bits per heavy atom. The Morgan fingerprint density at radius 1 is 0.938 bits per heavy atom. The Hall–Kier alpha value is -3.43. The van der Waals surface area contributed by atoms with Crippen LogP contribution >= 0.6 is 0 Å². The maximum atomic E-state index is 13.3. The van der Waals surface area contributed by atoms with Gasteiger partial charge in [-0.1, -0.05) is 25.5 Å². The third-order valence-corrected chi connectivity index (χ3v) is 5.87. The van der Waals surface area contributed by atoms with Crippen molar-refractivity contribution >= 4 is 27.0 Å². The number of sulfonamides is 1. The fraction of sp³-hybridized carbons (Fsp3) is 0.174. The summed E-state index contributed by atoms with van der Waals surface area (Å²) in [4.78, 5) is 14.0. The number of nitrogens with two attached hydrogens (primary N) is 1. The van der Waals surface area contributed by atoms with Crippen molar-refractivity contribution in [3.05, 3.63) is 77.7 Å². The molecule has 7 nitrogen and oxygen atoms in total. The minimum atomic E-state index is -3.72. The van der Waals surface area contributed by atoms with E-state index in [1.54, 1.807) is 24.3 Å². The molecule has 0 radical (unpaired) electrons. The molecule has 164 valence electrons. The number of nitrogens with one attached hydrogen (secondary N) is 1. The molecule has 0 aliphatic carbocycles. The highest BCUT2D eigenvalue weighted by Gasteiger charge is 2.12. The number of halogens is 1. The standard InChI is InChI=1S/C23H22FN5O2S/c1-2-3-20-22-21(13-12-19(27-22)16-6-8-17(24)9-7-16)29-23(28-20)26-14-15-4-10-18(11-5-15)32(25,30)31/h4-13H,2-3,14H2,1H3,(H2,25,30,31)(H,26,28,29). The van der Waals surface area contributed by atoms with Crippen LogP contribution in [0, 0.1) is 5.82 Å². The zero-order valence-corrected chi connectivity index (χ0v) is 18.2. The zero-order chi connectivity index (χ0) is 22.7. The van der Waals surface area contributed by atoms with Crippen molar-refractivity contribution in [3.8, 4) is 11.3 Å². The average molecular weight is 452 g/mol. The van der Waals surface area contributed by atoms with Gasteiger partial charge in [0.05, 0.1) is 21.8 Å². The Morgan fingerprint density at radius 3 is 2.31 bits per heavy atom. The molecule has 0 bridgehead atoms. The molecule has 0 aliphatic heterocycles. The average Bonchev–Trinajstić information content (AvgIpc) is 2.78. The summed E-state index contributed by atoms with van der Waals surface area (Å²) in [5.41, 5.74) is 4.67. The van der Waals surface area contributed by atoms with Gasteiger partial charge in [0.2, 0.25) is 16.0 Å². The predicted octanol–water partition coefficient (Wildman–Crippen LogP) is 4.04. The van der Waals surface area contributed by atoms with Crippen molar-refractivity contribution in [1.82, 2.24) is 15.0 Å². The van der Waals surface area contributed by atoms with Gasteiger partial charge in [-0.15, -0.1) is 0 Å². The van der Waals surface area contributed by atoms with Gasteiger partial charge in [0, 0.05) is 12.1 Å². The smallest absolute Gasteiger partial charge is 0.238 e. The summed E-state index contributed by atoms with van der Waals surface area (Å²) in [5.74, 6) is 0.173. The lowest BCUT2D eigenvalue weighted by Crippen LogP contribution is -2.12. The highest BCUT2D eigenvalue weighted by Crippen LogP contribution is 2.24. The molecule has 4 aromatic rings. The van der Waals surface area contributed by atoms with E-state index in [1.807, 2.05) is 12.1 Å². The maximum absolute atomic E-state index is 13.3. The molecule has 9 heteroatoms. The van der Waals surface area contributed by atoms with Crippen molar-refractivity contribution in [2.45, 2.75) is 31.2 Å². The van der Waals surface area contributed by atoms with E-state index in [1.165, 1.54) is 24.3 Å². The van der Waals surface area contributed by atoms with Crippen LogP contribution in [0.3, 0.4) is 0 Å². The summed E-state index contributed by atoms with van der Waals surface area (Å²) in [7, 11) is -3.72. The minimum Gasteiger partial charge on any atom is -0.350 e. The second-order valence-corrected chi connectivity index (χ2v) is 8.92. The van der Waals surface area contributed by atoms with Gasteiger partial charge < -0.3 is 5.32 Å². The Kier molecular flexibility index (Phi) is 6.11. The number of hydrogen-bond acceptors (Lipinski definition) is 6. The van der Waals surface area contributed by atoms with Gasteiger partial charge in [-0.25, -0.2) is 32.9 Å². The van der Waals surface area contributed by atoms with Crippen molar-refractivity contribution in [1.29, 1.82) is 0 Å². The van der Waals surface area contributed by atoms with Gasteiger partial charge in [0.1, 0.15) is 11.3 Å². The number of nitrogens with zero attached hydrogens (tertiary/aromatic N) is 3. The quantitative estimate of drug-likeness (QED) is 0.439. The van der Waals surface area contributed by atoms with Gasteiger partial charge in [0.15, 0.2) is 0 Å². The molecule has 0 atom stereocenters. The lowest BCUT2D eigenvalue weighted by atomic mass is 10.1. The van der Waals surface area contributed by atoms with E-state index >= 15 is 0 Å². The van der Waals surface area contributed by atoms with Crippen molar-refractivity contribution in [2.75, 3.05) is 5.32 Å². The number of rotatable bonds is 7. The number of aromatic nitrogens is 3. The van der Waals surface area contributed by atoms with Gasteiger partial charge in [-0.2, -0.15) is 0 Å². The van der Waals surface area contributed by atoms with E-state index in [9.17, 15) is 12.8 Å². The second kappa shape index (κ2) is 8.97. The summed E-state index contributed by atoms with van der Waals surface area (Å²) >= 11 is 0. The summed E-state index contributed by atoms with van der Waals surface area (Å²) in [6.45, 7) is 2.49. The summed E-state index contributed by atoms with van der Waals surface area (Å²) < 4.78 is 36.0. The van der Waals surface area contributed by atoms with Crippen molar-refractivity contribution < 1.29 is 12.8 Å². The van der Waals surface area contributed by atoms with Crippen LogP contribution in [-0.2, 0) is 23.0 Å². The molecular weight excluding hydrogens is 429 g/mol. The van der Waals surface area contributed by atoms with Crippen LogP contribution in [0.1, 0.15) is 24.6 Å². The summed E-state index contributed by atoms with van der Waals surface area (Å²) in [5, 5.41) is 8.33. The summed E-state index contributed by atoms with van der Waals surface area (Å²) in [6, 6.07) is 16.3. The molecule has 2 heterocycles. The van der Waals surface area contributed by atoms with E-state index < -0.39 is 10.0 Å². The highest BCUT2D eigenvalue weighted by atomic mass is 32.2. The van der Waals surface area contributed by atoms with E-state index in [0.717, 1.165) is 40.9 Å². The third kappa shape index (κ3) is 4.90. The number of aryl methyl sites for hydroxylation is 1. The lowest BCUT2D eigenvalue weighted by Gasteiger charge is -2.11. The van der Waals surface area contributed by atoms with Gasteiger partial charge in [-0.3, -0.25) is 0 Å². The molecule has 0 saturated heterocycles. The van der Waals surface area contributed by atoms with E-state index in [2.05, 4.69) is 22.2 Å². The molecule has 0 amide bonds. The van der Waals surface area contributed by atoms with Crippen LogP contribution in [-0.4, -0.2) is 23.4 Å². The van der Waals surface area contributed by atoms with Crippen LogP contribution < -0.4 is 10.5 Å². The number of anilines is 1. The first-order valence-corrected chi connectivity index (χ1v) is 11.7.